The first-order chi connectivity index (χ1) is 15.1. The van der Waals surface area contributed by atoms with Gasteiger partial charge in [0.15, 0.2) is 0 Å². The second-order valence-corrected chi connectivity index (χ2v) is 9.95. The molecule has 4 aromatic rings. The molecule has 0 radical (unpaired) electrons. The molecule has 4 heterocycles. The fourth-order valence-electron chi connectivity index (χ4n) is 4.11. The molecule has 0 spiro atoms. The Bertz CT molecular complexity index is 1250. The number of Topliss-reactive ketones (excluding diaryl/α,β-unsaturated/α-hetero) is 1. The molecule has 0 saturated heterocycles. The molecule has 0 unspecified atom stereocenters. The molecule has 6 nitrogen and oxygen atoms in total. The van der Waals surface area contributed by atoms with Gasteiger partial charge in [0.1, 0.15) is 15.8 Å². The van der Waals surface area contributed by atoms with E-state index in [-0.39, 0.29) is 5.78 Å². The summed E-state index contributed by atoms with van der Waals surface area (Å²) in [5.41, 5.74) is 7.74. The van der Waals surface area contributed by atoms with E-state index in [1.165, 1.54) is 32.9 Å². The van der Waals surface area contributed by atoms with E-state index in [0.29, 0.717) is 12.5 Å². The number of fused-ring (bicyclic) bond motifs is 2. The van der Waals surface area contributed by atoms with Crippen molar-refractivity contribution in [3.8, 4) is 10.6 Å². The summed E-state index contributed by atoms with van der Waals surface area (Å²) in [4.78, 5) is 23.1. The van der Waals surface area contributed by atoms with Crippen LogP contribution in [0, 0.1) is 0 Å². The van der Waals surface area contributed by atoms with Gasteiger partial charge in [0, 0.05) is 43.0 Å². The molecular weight excluding hydrogens is 426 g/mol. The van der Waals surface area contributed by atoms with E-state index in [9.17, 15) is 4.79 Å². The van der Waals surface area contributed by atoms with Crippen LogP contribution in [-0.4, -0.2) is 43.9 Å². The predicted molar refractivity (Wildman–Crippen MR) is 125 cm³/mol. The highest BCUT2D eigenvalue weighted by molar-refractivity contribution is 7.16. The summed E-state index contributed by atoms with van der Waals surface area (Å²) in [5, 5.41) is 10.0. The molecule has 3 aromatic heterocycles. The summed E-state index contributed by atoms with van der Waals surface area (Å²) in [6.45, 7) is 5.82. The Morgan fingerprint density at radius 3 is 2.90 bits per heavy atom. The number of ketones is 1. The largest absolute Gasteiger partial charge is 0.300 e. The lowest BCUT2D eigenvalue weighted by atomic mass is 10.1. The van der Waals surface area contributed by atoms with Gasteiger partial charge in [0.05, 0.1) is 22.1 Å². The summed E-state index contributed by atoms with van der Waals surface area (Å²) >= 11 is 3.16. The lowest BCUT2D eigenvalue weighted by molar-refractivity contribution is -0.116. The van der Waals surface area contributed by atoms with Crippen LogP contribution in [0.1, 0.15) is 41.7 Å². The van der Waals surface area contributed by atoms with E-state index in [1.54, 1.807) is 18.3 Å². The molecule has 8 heteroatoms. The first-order valence-corrected chi connectivity index (χ1v) is 12.1. The van der Waals surface area contributed by atoms with E-state index >= 15 is 0 Å². The number of carbonyl (C=O) groups excluding carboxylic acids is 1. The van der Waals surface area contributed by atoms with Gasteiger partial charge in [-0.3, -0.25) is 14.7 Å². The van der Waals surface area contributed by atoms with Crippen molar-refractivity contribution in [1.29, 1.82) is 0 Å². The van der Waals surface area contributed by atoms with Crippen LogP contribution in [0.25, 0.3) is 20.8 Å². The van der Waals surface area contributed by atoms with Crippen LogP contribution < -0.4 is 0 Å². The normalized spacial score (nSPS) is 15.5. The van der Waals surface area contributed by atoms with Gasteiger partial charge in [-0.25, -0.2) is 4.98 Å². The minimum atomic E-state index is 0.103. The van der Waals surface area contributed by atoms with Crippen LogP contribution in [0.4, 0.5) is 0 Å². The molecule has 0 fully saturated rings. The van der Waals surface area contributed by atoms with Crippen molar-refractivity contribution in [2.45, 2.75) is 39.2 Å². The molecule has 0 amide bonds. The van der Waals surface area contributed by atoms with Gasteiger partial charge in [-0.1, -0.05) is 17.4 Å². The van der Waals surface area contributed by atoms with Crippen molar-refractivity contribution >= 4 is 38.7 Å². The molecule has 0 bridgehead atoms. The molecular formula is C23H23N5OS2. The van der Waals surface area contributed by atoms with Gasteiger partial charge in [-0.2, -0.15) is 0 Å². The maximum absolute atomic E-state index is 11.3. The highest BCUT2D eigenvalue weighted by atomic mass is 32.1. The predicted octanol–water partition coefficient (Wildman–Crippen LogP) is 4.50. The van der Waals surface area contributed by atoms with Crippen LogP contribution >= 0.6 is 22.7 Å². The van der Waals surface area contributed by atoms with Gasteiger partial charge in [-0.05, 0) is 49.6 Å². The van der Waals surface area contributed by atoms with Crippen molar-refractivity contribution in [3.05, 3.63) is 57.8 Å². The Labute approximate surface area is 189 Å². The maximum atomic E-state index is 11.3. The van der Waals surface area contributed by atoms with Gasteiger partial charge >= 0.3 is 0 Å². The molecule has 5 rings (SSSR count). The first-order valence-electron chi connectivity index (χ1n) is 10.4. The van der Waals surface area contributed by atoms with Gasteiger partial charge in [0.2, 0.25) is 0 Å². The van der Waals surface area contributed by atoms with Crippen LogP contribution in [-0.2, 0) is 24.1 Å². The van der Waals surface area contributed by atoms with Crippen molar-refractivity contribution in [1.82, 2.24) is 25.1 Å². The van der Waals surface area contributed by atoms with E-state index < -0.39 is 0 Å². The van der Waals surface area contributed by atoms with Crippen LogP contribution in [0.3, 0.4) is 0 Å². The number of nitrogens with zero attached hydrogens (tertiary/aromatic N) is 5. The zero-order valence-electron chi connectivity index (χ0n) is 17.5. The maximum Gasteiger partial charge on any atom is 0.149 e. The number of hydrogen-bond donors (Lipinski definition) is 0. The molecule has 31 heavy (non-hydrogen) atoms. The fourth-order valence-corrected chi connectivity index (χ4v) is 5.66. The van der Waals surface area contributed by atoms with E-state index in [0.717, 1.165) is 47.0 Å². The molecule has 158 valence electrons. The Kier molecular flexibility index (Phi) is 5.60. The van der Waals surface area contributed by atoms with Crippen molar-refractivity contribution in [2.24, 2.45) is 0 Å². The minimum absolute atomic E-state index is 0.103. The van der Waals surface area contributed by atoms with Crippen LogP contribution in [0.2, 0.25) is 0 Å². The Morgan fingerprint density at radius 2 is 2.03 bits per heavy atom. The monoisotopic (exact) mass is 449 g/mol. The number of pyridine rings is 1. The van der Waals surface area contributed by atoms with Crippen molar-refractivity contribution in [2.75, 3.05) is 13.1 Å². The van der Waals surface area contributed by atoms with Crippen molar-refractivity contribution in [3.63, 3.8) is 0 Å². The standard InChI is InChI=1S/C23H23N5OS2/c1-14(29)9-22-26-27-23(31-22)18-10-17-5-7-28(8-6-19(17)24-12-18)15(2)16-3-4-21-20(11-16)25-13-30-21/h3-4,10-13,15H,5-9H2,1-2H3/t15-/m1/s1. The quantitative estimate of drug-likeness (QED) is 0.447. The summed E-state index contributed by atoms with van der Waals surface area (Å²) < 4.78 is 1.24. The topological polar surface area (TPSA) is 71.9 Å². The number of thiazole rings is 1. The lowest BCUT2D eigenvalue weighted by Crippen LogP contribution is -2.29. The molecule has 1 aromatic carbocycles. The van der Waals surface area contributed by atoms with E-state index in [1.807, 2.05) is 11.7 Å². The smallest absolute Gasteiger partial charge is 0.149 e. The van der Waals surface area contributed by atoms with Crippen LogP contribution in [0.15, 0.2) is 36.0 Å². The molecule has 0 saturated carbocycles. The van der Waals surface area contributed by atoms with Crippen LogP contribution in [0.5, 0.6) is 0 Å². The third-order valence-electron chi connectivity index (χ3n) is 5.86. The number of rotatable bonds is 5. The van der Waals surface area contributed by atoms with Gasteiger partial charge < -0.3 is 0 Å². The highest BCUT2D eigenvalue weighted by Crippen LogP contribution is 2.30. The third kappa shape index (κ3) is 4.28. The molecule has 1 atom stereocenters. The molecule has 1 aliphatic heterocycles. The van der Waals surface area contributed by atoms with Crippen molar-refractivity contribution < 1.29 is 4.79 Å². The summed E-state index contributed by atoms with van der Waals surface area (Å²) in [6, 6.07) is 9.17. The first kappa shape index (κ1) is 20.4. The Morgan fingerprint density at radius 1 is 1.16 bits per heavy atom. The molecule has 1 aliphatic rings. The minimum Gasteiger partial charge on any atom is -0.300 e. The summed E-state index contributed by atoms with van der Waals surface area (Å²) in [6.07, 6.45) is 4.13. The summed E-state index contributed by atoms with van der Waals surface area (Å²) in [7, 11) is 0. The molecule has 0 N–H and O–H groups in total. The number of hydrogen-bond acceptors (Lipinski definition) is 8. The highest BCUT2D eigenvalue weighted by Gasteiger charge is 2.22. The lowest BCUT2D eigenvalue weighted by Gasteiger charge is -2.27. The molecule has 0 aliphatic carbocycles. The number of aromatic nitrogens is 4. The zero-order valence-corrected chi connectivity index (χ0v) is 19.2. The Balaban J connectivity index is 1.33. The fraction of sp³-hybridized carbons (Fsp3) is 0.348. The second kappa shape index (κ2) is 8.53. The van der Waals surface area contributed by atoms with E-state index in [4.69, 9.17) is 4.98 Å². The zero-order chi connectivity index (χ0) is 21.4. The van der Waals surface area contributed by atoms with Gasteiger partial charge in [-0.15, -0.1) is 21.5 Å². The van der Waals surface area contributed by atoms with E-state index in [2.05, 4.69) is 51.3 Å². The average molecular weight is 450 g/mol. The number of benzene rings is 1. The third-order valence-corrected chi connectivity index (χ3v) is 7.64. The number of carbonyl (C=O) groups is 1. The second-order valence-electron chi connectivity index (χ2n) is 8.00. The van der Waals surface area contributed by atoms with Gasteiger partial charge in [0.25, 0.3) is 0 Å². The summed E-state index contributed by atoms with van der Waals surface area (Å²) in [5.74, 6) is 0.103. The Hall–Kier alpha value is -2.55. The average Bonchev–Trinajstić information content (AvgIpc) is 3.37. The SMILES string of the molecule is CC(=O)Cc1nnc(-c2cnc3c(c2)CCN([C@H](C)c2ccc4scnc4c2)CC3)s1.